The van der Waals surface area contributed by atoms with E-state index < -0.39 is 5.82 Å². The Morgan fingerprint density at radius 1 is 1.07 bits per heavy atom. The molecule has 10 nitrogen and oxygen atoms in total. The number of imidazole rings is 1. The number of aromatic nitrogens is 5. The number of amides is 1. The summed E-state index contributed by atoms with van der Waals surface area (Å²) >= 11 is 0. The SMILES string of the molecule is C=CC(=O)N1[C@@H](C)CN(c2ccc3ncnc(Nc4ccc(Oc5ccc6c(c5)ncn6C)c(C)c4F)c3n2)C[C@@H]1C. The highest BCUT2D eigenvalue weighted by Gasteiger charge is 2.32. The summed E-state index contributed by atoms with van der Waals surface area (Å²) in [4.78, 5) is 34.3. The third kappa shape index (κ3) is 4.87. The number of piperazine rings is 1. The molecule has 0 bridgehead atoms. The van der Waals surface area contributed by atoms with Gasteiger partial charge in [-0.2, -0.15) is 0 Å². The van der Waals surface area contributed by atoms with E-state index in [1.165, 1.54) is 12.4 Å². The Bertz CT molecular complexity index is 1830. The molecule has 1 amide bonds. The molecule has 5 aromatic rings. The van der Waals surface area contributed by atoms with Crippen molar-refractivity contribution in [3.05, 3.63) is 79.2 Å². The predicted octanol–water partition coefficient (Wildman–Crippen LogP) is 5.51. The molecule has 42 heavy (non-hydrogen) atoms. The fraction of sp³-hybridized carbons (Fsp3) is 0.258. The lowest BCUT2D eigenvalue weighted by atomic mass is 10.1. The molecule has 0 unspecified atom stereocenters. The second kappa shape index (κ2) is 10.7. The van der Waals surface area contributed by atoms with Gasteiger partial charge in [-0.05, 0) is 63.2 Å². The van der Waals surface area contributed by atoms with Crippen LogP contribution in [0.1, 0.15) is 19.4 Å². The third-order valence-corrected chi connectivity index (χ3v) is 7.65. The largest absolute Gasteiger partial charge is 0.457 e. The van der Waals surface area contributed by atoms with Gasteiger partial charge in [0.1, 0.15) is 29.2 Å². The predicted molar refractivity (Wildman–Crippen MR) is 161 cm³/mol. The lowest BCUT2D eigenvalue weighted by Crippen LogP contribution is -2.58. The van der Waals surface area contributed by atoms with E-state index in [0.717, 1.165) is 16.9 Å². The third-order valence-electron chi connectivity index (χ3n) is 7.65. The van der Waals surface area contributed by atoms with E-state index in [9.17, 15) is 4.79 Å². The van der Waals surface area contributed by atoms with Crippen molar-refractivity contribution in [1.82, 2.24) is 29.4 Å². The van der Waals surface area contributed by atoms with Crippen molar-refractivity contribution in [3.63, 3.8) is 0 Å². The molecule has 0 aliphatic carbocycles. The van der Waals surface area contributed by atoms with Crippen LogP contribution in [0.5, 0.6) is 11.5 Å². The number of rotatable bonds is 6. The highest BCUT2D eigenvalue weighted by molar-refractivity contribution is 5.89. The standard InChI is InChI=1S/C31H31FN8O2/c1-6-28(41)40-18(2)14-39(15-19(40)3)27-12-9-23-30(37-27)31(34-16-33-23)36-22-8-11-26(20(4)29(22)32)42-21-7-10-25-24(13-21)35-17-38(25)5/h6-13,16-19H,1,14-15H2,2-5H3,(H,33,34,36)/t18-,19-/m0/s1. The van der Waals surface area contributed by atoms with Crippen molar-refractivity contribution in [2.45, 2.75) is 32.9 Å². The quantitative estimate of drug-likeness (QED) is 0.269. The van der Waals surface area contributed by atoms with Gasteiger partial charge >= 0.3 is 0 Å². The van der Waals surface area contributed by atoms with Gasteiger partial charge in [-0.3, -0.25) is 4.79 Å². The van der Waals surface area contributed by atoms with Crippen molar-refractivity contribution in [2.24, 2.45) is 7.05 Å². The number of pyridine rings is 1. The number of halogens is 1. The topological polar surface area (TPSA) is 101 Å². The molecule has 6 rings (SSSR count). The van der Waals surface area contributed by atoms with Gasteiger partial charge in [0.05, 0.1) is 28.6 Å². The maximum atomic E-state index is 15.6. The lowest BCUT2D eigenvalue weighted by Gasteiger charge is -2.44. The highest BCUT2D eigenvalue weighted by atomic mass is 19.1. The monoisotopic (exact) mass is 566 g/mol. The first-order chi connectivity index (χ1) is 20.2. The average molecular weight is 567 g/mol. The summed E-state index contributed by atoms with van der Waals surface area (Å²) < 4.78 is 23.6. The fourth-order valence-corrected chi connectivity index (χ4v) is 5.56. The van der Waals surface area contributed by atoms with Crippen LogP contribution in [0.25, 0.3) is 22.1 Å². The average Bonchev–Trinajstić information content (AvgIpc) is 3.35. The number of carbonyl (C=O) groups excluding carboxylic acids is 1. The minimum Gasteiger partial charge on any atom is -0.457 e. The van der Waals surface area contributed by atoms with Gasteiger partial charge in [-0.15, -0.1) is 0 Å². The zero-order valence-electron chi connectivity index (χ0n) is 23.9. The number of carbonyl (C=O) groups is 1. The number of benzene rings is 2. The molecule has 0 radical (unpaired) electrons. The maximum absolute atomic E-state index is 15.6. The van der Waals surface area contributed by atoms with Crippen LogP contribution < -0.4 is 15.0 Å². The van der Waals surface area contributed by atoms with Crippen LogP contribution in [0, 0.1) is 12.7 Å². The first-order valence-corrected chi connectivity index (χ1v) is 13.7. The van der Waals surface area contributed by atoms with Gasteiger partial charge in [0.2, 0.25) is 5.91 Å². The van der Waals surface area contributed by atoms with Crippen molar-refractivity contribution >= 4 is 45.3 Å². The molecule has 4 heterocycles. The first-order valence-electron chi connectivity index (χ1n) is 13.7. The van der Waals surface area contributed by atoms with Crippen LogP contribution in [0.15, 0.2) is 67.8 Å². The molecule has 1 aliphatic rings. The van der Waals surface area contributed by atoms with E-state index >= 15 is 4.39 Å². The number of fused-ring (bicyclic) bond motifs is 2. The van der Waals surface area contributed by atoms with Crippen LogP contribution >= 0.6 is 0 Å². The van der Waals surface area contributed by atoms with E-state index in [2.05, 4.69) is 31.7 Å². The van der Waals surface area contributed by atoms with E-state index in [4.69, 9.17) is 9.72 Å². The van der Waals surface area contributed by atoms with Crippen LogP contribution in [-0.4, -0.2) is 60.5 Å². The van der Waals surface area contributed by atoms with Crippen molar-refractivity contribution in [2.75, 3.05) is 23.3 Å². The molecule has 11 heteroatoms. The molecule has 214 valence electrons. The van der Waals surface area contributed by atoms with Crippen LogP contribution in [-0.2, 0) is 11.8 Å². The van der Waals surface area contributed by atoms with Gasteiger partial charge in [0.15, 0.2) is 11.6 Å². The number of nitrogens with zero attached hydrogens (tertiary/aromatic N) is 7. The van der Waals surface area contributed by atoms with Gasteiger partial charge in [0.25, 0.3) is 0 Å². The fourth-order valence-electron chi connectivity index (χ4n) is 5.56. The lowest BCUT2D eigenvalue weighted by molar-refractivity contribution is -0.130. The van der Waals surface area contributed by atoms with Gasteiger partial charge in [-0.25, -0.2) is 24.3 Å². The maximum Gasteiger partial charge on any atom is 0.246 e. The molecule has 1 aliphatic heterocycles. The Hall–Kier alpha value is -5.06. The Morgan fingerprint density at radius 2 is 1.86 bits per heavy atom. The van der Waals surface area contributed by atoms with E-state index in [1.807, 2.05) is 60.7 Å². The first kappa shape index (κ1) is 27.1. The molecular weight excluding hydrogens is 535 g/mol. The summed E-state index contributed by atoms with van der Waals surface area (Å²) in [5.41, 5.74) is 3.51. The molecule has 2 atom stereocenters. The molecule has 2 aromatic carbocycles. The number of ether oxygens (including phenoxy) is 1. The Morgan fingerprint density at radius 3 is 2.62 bits per heavy atom. The Kier molecular flexibility index (Phi) is 6.93. The Balaban J connectivity index is 1.26. The Labute approximate surface area is 242 Å². The normalized spacial score (nSPS) is 17.1. The van der Waals surface area contributed by atoms with Crippen molar-refractivity contribution in [3.8, 4) is 11.5 Å². The van der Waals surface area contributed by atoms with Gasteiger partial charge in [0, 0.05) is 43.9 Å². The van der Waals surface area contributed by atoms with E-state index in [-0.39, 0.29) is 23.7 Å². The molecule has 1 N–H and O–H groups in total. The summed E-state index contributed by atoms with van der Waals surface area (Å²) in [7, 11) is 1.92. The van der Waals surface area contributed by atoms with Crippen molar-refractivity contribution in [1.29, 1.82) is 0 Å². The molecule has 0 saturated carbocycles. The van der Waals surface area contributed by atoms with Crippen molar-refractivity contribution < 1.29 is 13.9 Å². The second-order valence-electron chi connectivity index (χ2n) is 10.6. The molecule has 1 fully saturated rings. The number of hydrogen-bond donors (Lipinski definition) is 1. The van der Waals surface area contributed by atoms with E-state index in [1.54, 1.807) is 25.4 Å². The molecule has 0 spiro atoms. The summed E-state index contributed by atoms with van der Waals surface area (Å²) in [6, 6.07) is 12.7. The summed E-state index contributed by atoms with van der Waals surface area (Å²) in [5, 5.41) is 3.11. The number of hydrogen-bond acceptors (Lipinski definition) is 8. The summed E-state index contributed by atoms with van der Waals surface area (Å²) in [6.45, 7) is 10.5. The summed E-state index contributed by atoms with van der Waals surface area (Å²) in [5.74, 6) is 1.55. The van der Waals surface area contributed by atoms with Gasteiger partial charge in [-0.1, -0.05) is 6.58 Å². The minimum atomic E-state index is -0.458. The van der Waals surface area contributed by atoms with Gasteiger partial charge < -0.3 is 24.4 Å². The number of aryl methyl sites for hydroxylation is 1. The minimum absolute atomic E-state index is 0.0231. The zero-order chi connectivity index (χ0) is 29.5. The molecule has 3 aromatic heterocycles. The van der Waals surface area contributed by atoms with Crippen LogP contribution in [0.4, 0.5) is 21.7 Å². The number of anilines is 3. The zero-order valence-corrected chi connectivity index (χ0v) is 23.9. The second-order valence-corrected chi connectivity index (χ2v) is 10.6. The molecular formula is C31H31FN8O2. The molecule has 1 saturated heterocycles. The van der Waals surface area contributed by atoms with E-state index in [0.29, 0.717) is 47.0 Å². The smallest absolute Gasteiger partial charge is 0.246 e. The number of nitrogens with one attached hydrogen (secondary N) is 1. The highest BCUT2D eigenvalue weighted by Crippen LogP contribution is 2.34. The summed E-state index contributed by atoms with van der Waals surface area (Å²) in [6.07, 6.45) is 4.51. The van der Waals surface area contributed by atoms with Crippen LogP contribution in [0.3, 0.4) is 0 Å². The van der Waals surface area contributed by atoms with Crippen LogP contribution in [0.2, 0.25) is 0 Å².